The molecule has 2 heterocycles. The number of hydrogen-bond donors (Lipinski definition) is 0. The van der Waals surface area contributed by atoms with E-state index in [4.69, 9.17) is 4.74 Å². The standard InChI is InChI=1S/C28H21N5O6S/c1-3-39-27(36)18-9-11-19(12-10-18)32-25(34)21-7-5-4-6-20(21)22(26(32)35)14-17-8-13-24(23(15-17)33(37)38)40-28-30-29-16-31(28)2/h4-16H,3H2,1-2H3/b22-14+. The quantitative estimate of drug-likeness (QED) is 0.104. The average molecular weight is 556 g/mol. The zero-order chi connectivity index (χ0) is 28.4. The minimum atomic E-state index is -0.604. The van der Waals surface area contributed by atoms with E-state index in [-0.39, 0.29) is 29.1 Å². The van der Waals surface area contributed by atoms with Crippen molar-refractivity contribution in [2.45, 2.75) is 17.0 Å². The molecule has 0 bridgehead atoms. The van der Waals surface area contributed by atoms with Gasteiger partial charge in [-0.3, -0.25) is 19.7 Å². The molecular formula is C28H21N5O6S. The van der Waals surface area contributed by atoms with Gasteiger partial charge >= 0.3 is 5.97 Å². The number of nitro groups is 1. The lowest BCUT2D eigenvalue weighted by atomic mass is 9.91. The monoisotopic (exact) mass is 555 g/mol. The molecule has 1 aromatic heterocycles. The largest absolute Gasteiger partial charge is 0.462 e. The van der Waals surface area contributed by atoms with E-state index >= 15 is 0 Å². The lowest BCUT2D eigenvalue weighted by molar-refractivity contribution is -0.387. The highest BCUT2D eigenvalue weighted by Crippen LogP contribution is 2.37. The molecule has 12 heteroatoms. The van der Waals surface area contributed by atoms with Crippen LogP contribution in [0.25, 0.3) is 11.6 Å². The molecule has 0 aliphatic carbocycles. The number of fused-ring (bicyclic) bond motifs is 1. The van der Waals surface area contributed by atoms with Crippen molar-refractivity contribution in [1.82, 2.24) is 14.8 Å². The molecule has 0 unspecified atom stereocenters. The minimum absolute atomic E-state index is 0.165. The number of aryl methyl sites for hydroxylation is 1. The van der Waals surface area contributed by atoms with Gasteiger partial charge in [-0.25, -0.2) is 9.69 Å². The van der Waals surface area contributed by atoms with E-state index in [0.717, 1.165) is 16.7 Å². The number of ether oxygens (including phenoxy) is 1. The van der Waals surface area contributed by atoms with Gasteiger partial charge in [0.1, 0.15) is 6.33 Å². The van der Waals surface area contributed by atoms with Gasteiger partial charge in [0.2, 0.25) is 0 Å². The Morgan fingerprint density at radius 2 is 1.77 bits per heavy atom. The first-order valence-electron chi connectivity index (χ1n) is 12.1. The van der Waals surface area contributed by atoms with E-state index in [1.807, 2.05) is 0 Å². The summed E-state index contributed by atoms with van der Waals surface area (Å²) in [6.45, 7) is 1.91. The lowest BCUT2D eigenvalue weighted by Gasteiger charge is -2.28. The van der Waals surface area contributed by atoms with Crippen LogP contribution in [0.2, 0.25) is 0 Å². The molecule has 2 amide bonds. The molecule has 0 atom stereocenters. The highest BCUT2D eigenvalue weighted by molar-refractivity contribution is 7.99. The summed E-state index contributed by atoms with van der Waals surface area (Å²) in [5.41, 5.74) is 1.69. The number of hydrogen-bond acceptors (Lipinski definition) is 9. The summed E-state index contributed by atoms with van der Waals surface area (Å²) in [4.78, 5) is 52.0. The van der Waals surface area contributed by atoms with Crippen molar-refractivity contribution in [1.29, 1.82) is 0 Å². The summed E-state index contributed by atoms with van der Waals surface area (Å²) < 4.78 is 6.65. The number of carbonyl (C=O) groups is 3. The third-order valence-electron chi connectivity index (χ3n) is 6.08. The van der Waals surface area contributed by atoms with E-state index in [9.17, 15) is 24.5 Å². The normalized spacial score (nSPS) is 13.8. The second kappa shape index (κ2) is 10.9. The van der Waals surface area contributed by atoms with Crippen LogP contribution in [0.15, 0.2) is 83.1 Å². The lowest BCUT2D eigenvalue weighted by Crippen LogP contribution is -2.41. The summed E-state index contributed by atoms with van der Waals surface area (Å²) in [5.74, 6) is -1.64. The molecule has 0 saturated heterocycles. The molecule has 11 nitrogen and oxygen atoms in total. The van der Waals surface area contributed by atoms with Gasteiger partial charge in [0, 0.05) is 24.3 Å². The molecule has 5 rings (SSSR count). The maximum atomic E-state index is 13.7. The zero-order valence-electron chi connectivity index (χ0n) is 21.3. The van der Waals surface area contributed by atoms with Crippen molar-refractivity contribution in [3.05, 3.63) is 105 Å². The molecule has 1 aliphatic rings. The molecule has 0 spiro atoms. The summed E-state index contributed by atoms with van der Waals surface area (Å²) in [6, 6.07) is 17.2. The first kappa shape index (κ1) is 26.5. The molecule has 4 aromatic rings. The Labute approximate surface area is 232 Å². The third-order valence-corrected chi connectivity index (χ3v) is 7.20. The maximum Gasteiger partial charge on any atom is 0.338 e. The van der Waals surface area contributed by atoms with Gasteiger partial charge in [0.15, 0.2) is 5.16 Å². The van der Waals surface area contributed by atoms with Crippen LogP contribution in [-0.4, -0.2) is 44.1 Å². The number of esters is 1. The Kier molecular flexibility index (Phi) is 7.25. The second-order valence-corrected chi connectivity index (χ2v) is 9.64. The highest BCUT2D eigenvalue weighted by atomic mass is 32.2. The topological polar surface area (TPSA) is 138 Å². The van der Waals surface area contributed by atoms with Crippen molar-refractivity contribution in [3.8, 4) is 0 Å². The van der Waals surface area contributed by atoms with Crippen LogP contribution in [0, 0.1) is 10.1 Å². The Morgan fingerprint density at radius 1 is 1.05 bits per heavy atom. The predicted molar refractivity (Wildman–Crippen MR) is 147 cm³/mol. The van der Waals surface area contributed by atoms with E-state index in [1.165, 1.54) is 42.7 Å². The third kappa shape index (κ3) is 4.99. The first-order chi connectivity index (χ1) is 19.3. The van der Waals surface area contributed by atoms with E-state index in [0.29, 0.717) is 26.7 Å². The van der Waals surface area contributed by atoms with Gasteiger partial charge in [-0.2, -0.15) is 0 Å². The van der Waals surface area contributed by atoms with Crippen LogP contribution in [-0.2, 0) is 16.6 Å². The van der Waals surface area contributed by atoms with Crippen LogP contribution < -0.4 is 4.90 Å². The number of nitro benzene ring substituents is 1. The van der Waals surface area contributed by atoms with Crippen LogP contribution in [0.1, 0.15) is 38.8 Å². The molecule has 40 heavy (non-hydrogen) atoms. The Morgan fingerprint density at radius 3 is 2.42 bits per heavy atom. The van der Waals surface area contributed by atoms with Crippen molar-refractivity contribution < 1.29 is 24.0 Å². The van der Waals surface area contributed by atoms with Crippen molar-refractivity contribution in [3.63, 3.8) is 0 Å². The van der Waals surface area contributed by atoms with Crippen LogP contribution in [0.5, 0.6) is 0 Å². The van der Waals surface area contributed by atoms with Crippen molar-refractivity contribution in [2.75, 3.05) is 11.5 Å². The van der Waals surface area contributed by atoms with Crippen LogP contribution in [0.3, 0.4) is 0 Å². The van der Waals surface area contributed by atoms with Crippen LogP contribution >= 0.6 is 11.8 Å². The number of rotatable bonds is 7. The van der Waals surface area contributed by atoms with Crippen LogP contribution in [0.4, 0.5) is 11.4 Å². The molecule has 200 valence electrons. The Balaban J connectivity index is 1.55. The molecule has 0 saturated carbocycles. The van der Waals surface area contributed by atoms with Gasteiger partial charge in [-0.05, 0) is 72.3 Å². The van der Waals surface area contributed by atoms with E-state index in [2.05, 4.69) is 10.2 Å². The van der Waals surface area contributed by atoms with Gasteiger partial charge < -0.3 is 9.30 Å². The fourth-order valence-electron chi connectivity index (χ4n) is 4.17. The number of amides is 2. The molecule has 1 aliphatic heterocycles. The number of nitrogens with zero attached hydrogens (tertiary/aromatic N) is 5. The summed E-state index contributed by atoms with van der Waals surface area (Å²) >= 11 is 1.10. The molecule has 0 radical (unpaired) electrons. The summed E-state index contributed by atoms with van der Waals surface area (Å²) in [5, 5.41) is 20.2. The fourth-order valence-corrected chi connectivity index (χ4v) is 5.02. The highest BCUT2D eigenvalue weighted by Gasteiger charge is 2.36. The maximum absolute atomic E-state index is 13.7. The molecule has 0 fully saturated rings. The number of anilines is 1. The molecule has 3 aromatic carbocycles. The SMILES string of the molecule is CCOC(=O)c1ccc(N2C(=O)/C(=C/c3ccc(Sc4nncn4C)c([N+](=O)[O-])c3)c3ccccc3C2=O)cc1. The average Bonchev–Trinajstić information content (AvgIpc) is 3.36. The smallest absolute Gasteiger partial charge is 0.338 e. The molecule has 0 N–H and O–H groups in total. The second-order valence-electron chi connectivity index (χ2n) is 8.63. The summed E-state index contributed by atoms with van der Waals surface area (Å²) in [7, 11) is 1.73. The van der Waals surface area contributed by atoms with E-state index < -0.39 is 22.7 Å². The predicted octanol–water partition coefficient (Wildman–Crippen LogP) is 4.78. The fraction of sp³-hybridized carbons (Fsp3) is 0.107. The zero-order valence-corrected chi connectivity index (χ0v) is 22.1. The number of carbonyl (C=O) groups excluding carboxylic acids is 3. The van der Waals surface area contributed by atoms with Gasteiger partial charge in [-0.1, -0.05) is 24.3 Å². The van der Waals surface area contributed by atoms with Gasteiger partial charge in [-0.15, -0.1) is 10.2 Å². The Hall–Kier alpha value is -5.10. The number of benzene rings is 3. The van der Waals surface area contributed by atoms with E-state index in [1.54, 1.807) is 54.9 Å². The molecular weight excluding hydrogens is 534 g/mol. The first-order valence-corrected chi connectivity index (χ1v) is 12.9. The number of aromatic nitrogens is 3. The minimum Gasteiger partial charge on any atom is -0.462 e. The Bertz CT molecular complexity index is 1700. The van der Waals surface area contributed by atoms with Gasteiger partial charge in [0.25, 0.3) is 17.5 Å². The van der Waals surface area contributed by atoms with Crippen molar-refractivity contribution in [2.24, 2.45) is 7.05 Å². The summed E-state index contributed by atoms with van der Waals surface area (Å²) in [6.07, 6.45) is 3.02. The van der Waals surface area contributed by atoms with Gasteiger partial charge in [0.05, 0.1) is 27.7 Å². The number of imide groups is 1. The van der Waals surface area contributed by atoms with Crippen molar-refractivity contribution >= 4 is 52.6 Å².